The van der Waals surface area contributed by atoms with Gasteiger partial charge < -0.3 is 5.73 Å². The second kappa shape index (κ2) is 6.41. The van der Waals surface area contributed by atoms with Crippen molar-refractivity contribution in [3.8, 4) is 6.07 Å². The minimum absolute atomic E-state index is 0.364. The lowest BCUT2D eigenvalue weighted by molar-refractivity contribution is 0.343. The predicted octanol–water partition coefficient (Wildman–Crippen LogP) is 3.91. The van der Waals surface area contributed by atoms with Gasteiger partial charge in [-0.2, -0.15) is 5.26 Å². The highest BCUT2D eigenvalue weighted by Crippen LogP contribution is 2.42. The smallest absolute Gasteiger partial charge is 0.107 e. The monoisotopic (exact) mass is 270 g/mol. The standard InChI is InChI=1S/C18H26N2/c1-14(2)8-9-17-11-16(12-18(17,20)13-19)10-15-6-4-3-5-7-15/h3-7,14,16-17H,8-12,20H2,1-2H3. The molecule has 0 radical (unpaired) electrons. The van der Waals surface area contributed by atoms with E-state index in [0.29, 0.717) is 17.8 Å². The Hall–Kier alpha value is -1.33. The van der Waals surface area contributed by atoms with Crippen molar-refractivity contribution in [1.82, 2.24) is 0 Å². The van der Waals surface area contributed by atoms with Gasteiger partial charge >= 0.3 is 0 Å². The number of rotatable bonds is 5. The maximum absolute atomic E-state index is 9.47. The van der Waals surface area contributed by atoms with Gasteiger partial charge in [0.1, 0.15) is 5.54 Å². The van der Waals surface area contributed by atoms with Crippen LogP contribution < -0.4 is 5.73 Å². The molecule has 2 rings (SSSR count). The molecule has 0 heterocycles. The van der Waals surface area contributed by atoms with Crippen molar-refractivity contribution in [2.24, 2.45) is 23.5 Å². The van der Waals surface area contributed by atoms with Gasteiger partial charge in [0, 0.05) is 0 Å². The highest BCUT2D eigenvalue weighted by molar-refractivity contribution is 5.19. The van der Waals surface area contributed by atoms with Crippen molar-refractivity contribution in [1.29, 1.82) is 5.26 Å². The second-order valence-corrected chi connectivity index (χ2v) is 6.82. The molecule has 20 heavy (non-hydrogen) atoms. The molecule has 1 saturated carbocycles. The zero-order chi connectivity index (χ0) is 14.6. The SMILES string of the molecule is CC(C)CCC1CC(Cc2ccccc2)CC1(N)C#N. The van der Waals surface area contributed by atoms with Crippen LogP contribution in [-0.2, 0) is 6.42 Å². The summed E-state index contributed by atoms with van der Waals surface area (Å²) in [5.41, 5.74) is 7.13. The Labute approximate surface area is 123 Å². The molecule has 2 nitrogen and oxygen atoms in total. The molecule has 0 saturated heterocycles. The molecular formula is C18H26N2. The molecule has 1 fully saturated rings. The average Bonchev–Trinajstić information content (AvgIpc) is 2.74. The van der Waals surface area contributed by atoms with E-state index in [2.05, 4.69) is 44.2 Å². The zero-order valence-corrected chi connectivity index (χ0v) is 12.7. The van der Waals surface area contributed by atoms with Crippen molar-refractivity contribution in [2.75, 3.05) is 0 Å². The Bertz CT molecular complexity index is 460. The fourth-order valence-electron chi connectivity index (χ4n) is 3.49. The quantitative estimate of drug-likeness (QED) is 0.881. The molecule has 0 bridgehead atoms. The van der Waals surface area contributed by atoms with Gasteiger partial charge in [0.05, 0.1) is 6.07 Å². The highest BCUT2D eigenvalue weighted by atomic mass is 14.8. The first-order valence-electron chi connectivity index (χ1n) is 7.77. The number of nitrogens with two attached hydrogens (primary N) is 1. The van der Waals surface area contributed by atoms with Crippen LogP contribution in [0.25, 0.3) is 0 Å². The van der Waals surface area contributed by atoms with E-state index in [0.717, 1.165) is 25.7 Å². The van der Waals surface area contributed by atoms with Crippen LogP contribution in [0, 0.1) is 29.1 Å². The van der Waals surface area contributed by atoms with Gasteiger partial charge in [0.2, 0.25) is 0 Å². The maximum atomic E-state index is 9.47. The first-order valence-corrected chi connectivity index (χ1v) is 7.77. The van der Waals surface area contributed by atoms with Crippen molar-refractivity contribution < 1.29 is 0 Å². The maximum Gasteiger partial charge on any atom is 0.107 e. The summed E-state index contributed by atoms with van der Waals surface area (Å²) in [6, 6.07) is 13.0. The van der Waals surface area contributed by atoms with Crippen LogP contribution in [0.1, 0.15) is 45.1 Å². The van der Waals surface area contributed by atoms with E-state index >= 15 is 0 Å². The summed E-state index contributed by atoms with van der Waals surface area (Å²) in [4.78, 5) is 0. The zero-order valence-electron chi connectivity index (χ0n) is 12.7. The Morgan fingerprint density at radius 1 is 1.35 bits per heavy atom. The first-order chi connectivity index (χ1) is 9.53. The molecule has 0 spiro atoms. The Morgan fingerprint density at radius 2 is 2.05 bits per heavy atom. The van der Waals surface area contributed by atoms with Gasteiger partial charge in [-0.1, -0.05) is 50.6 Å². The van der Waals surface area contributed by atoms with Crippen molar-refractivity contribution >= 4 is 0 Å². The summed E-state index contributed by atoms with van der Waals surface area (Å²) >= 11 is 0. The molecule has 1 aliphatic carbocycles. The Morgan fingerprint density at radius 3 is 2.65 bits per heavy atom. The molecule has 1 aromatic carbocycles. The number of nitriles is 1. The average molecular weight is 270 g/mol. The van der Waals surface area contributed by atoms with E-state index in [-0.39, 0.29) is 0 Å². The summed E-state index contributed by atoms with van der Waals surface area (Å²) in [6.45, 7) is 4.47. The Kier molecular flexibility index (Phi) is 4.83. The third kappa shape index (κ3) is 3.61. The number of hydrogen-bond donors (Lipinski definition) is 1. The normalized spacial score (nSPS) is 29.6. The molecule has 108 valence electrons. The number of benzene rings is 1. The predicted molar refractivity (Wildman–Crippen MR) is 83.0 cm³/mol. The lowest BCUT2D eigenvalue weighted by atomic mass is 9.84. The lowest BCUT2D eigenvalue weighted by Gasteiger charge is -2.24. The van der Waals surface area contributed by atoms with Gasteiger partial charge in [-0.25, -0.2) is 0 Å². The summed E-state index contributed by atoms with van der Waals surface area (Å²) in [7, 11) is 0. The van der Waals surface area contributed by atoms with Crippen LogP contribution >= 0.6 is 0 Å². The first kappa shape index (κ1) is 15.1. The van der Waals surface area contributed by atoms with Crippen LogP contribution in [0.15, 0.2) is 30.3 Å². The molecule has 0 amide bonds. The molecule has 2 N–H and O–H groups in total. The molecule has 0 aromatic heterocycles. The topological polar surface area (TPSA) is 49.8 Å². The third-order valence-electron chi connectivity index (χ3n) is 4.64. The van der Waals surface area contributed by atoms with Gasteiger partial charge in [-0.05, 0) is 49.0 Å². The van der Waals surface area contributed by atoms with E-state index in [1.54, 1.807) is 0 Å². The number of nitrogens with zero attached hydrogens (tertiary/aromatic N) is 1. The minimum atomic E-state index is -0.603. The van der Waals surface area contributed by atoms with E-state index < -0.39 is 5.54 Å². The molecule has 1 aromatic rings. The third-order valence-corrected chi connectivity index (χ3v) is 4.64. The molecule has 3 atom stereocenters. The molecule has 1 aliphatic rings. The summed E-state index contributed by atoms with van der Waals surface area (Å²) < 4.78 is 0. The van der Waals surface area contributed by atoms with Crippen molar-refractivity contribution in [2.45, 2.75) is 51.5 Å². The van der Waals surface area contributed by atoms with E-state index in [1.165, 1.54) is 12.0 Å². The van der Waals surface area contributed by atoms with Gasteiger partial charge in [0.25, 0.3) is 0 Å². The van der Waals surface area contributed by atoms with Crippen molar-refractivity contribution in [3.63, 3.8) is 0 Å². The fourth-order valence-corrected chi connectivity index (χ4v) is 3.49. The van der Waals surface area contributed by atoms with Crippen LogP contribution in [0.5, 0.6) is 0 Å². The number of hydrogen-bond acceptors (Lipinski definition) is 2. The molecule has 0 aliphatic heterocycles. The minimum Gasteiger partial charge on any atom is -0.313 e. The fraction of sp³-hybridized carbons (Fsp3) is 0.611. The molecular weight excluding hydrogens is 244 g/mol. The van der Waals surface area contributed by atoms with Crippen LogP contribution in [0.4, 0.5) is 0 Å². The summed E-state index contributed by atoms with van der Waals surface area (Å²) in [5.74, 6) is 1.61. The Balaban J connectivity index is 1.99. The van der Waals surface area contributed by atoms with E-state index in [9.17, 15) is 5.26 Å². The van der Waals surface area contributed by atoms with Gasteiger partial charge in [-0.15, -0.1) is 0 Å². The highest BCUT2D eigenvalue weighted by Gasteiger charge is 2.44. The van der Waals surface area contributed by atoms with Gasteiger partial charge in [-0.3, -0.25) is 0 Å². The summed E-state index contributed by atoms with van der Waals surface area (Å²) in [6.07, 6.45) is 5.27. The van der Waals surface area contributed by atoms with Gasteiger partial charge in [0.15, 0.2) is 0 Å². The van der Waals surface area contributed by atoms with E-state index in [1.807, 2.05) is 6.07 Å². The molecule has 2 heteroatoms. The second-order valence-electron chi connectivity index (χ2n) is 6.82. The van der Waals surface area contributed by atoms with Crippen molar-refractivity contribution in [3.05, 3.63) is 35.9 Å². The molecule has 3 unspecified atom stereocenters. The summed E-state index contributed by atoms with van der Waals surface area (Å²) in [5, 5.41) is 9.47. The van der Waals surface area contributed by atoms with Crippen LogP contribution in [0.3, 0.4) is 0 Å². The largest absolute Gasteiger partial charge is 0.313 e. The lowest BCUT2D eigenvalue weighted by Crippen LogP contribution is -2.42. The van der Waals surface area contributed by atoms with Crippen LogP contribution in [0.2, 0.25) is 0 Å². The van der Waals surface area contributed by atoms with E-state index in [4.69, 9.17) is 5.73 Å². The van der Waals surface area contributed by atoms with Crippen LogP contribution in [-0.4, -0.2) is 5.54 Å².